The summed E-state index contributed by atoms with van der Waals surface area (Å²) in [6.07, 6.45) is 1.68. The fraction of sp³-hybridized carbons (Fsp3) is 0.273. The van der Waals surface area contributed by atoms with Gasteiger partial charge in [-0.1, -0.05) is 0 Å². The quantitative estimate of drug-likeness (QED) is 0.943. The van der Waals surface area contributed by atoms with E-state index in [2.05, 4.69) is 44.4 Å². The van der Waals surface area contributed by atoms with E-state index < -0.39 is 0 Å². The second kappa shape index (κ2) is 5.52. The van der Waals surface area contributed by atoms with Gasteiger partial charge in [-0.25, -0.2) is 0 Å². The first-order valence-electron chi connectivity index (χ1n) is 4.98. The molecular formula is C11H12BrN3S. The average molecular weight is 298 g/mol. The minimum Gasteiger partial charge on any atom is -0.306 e. The van der Waals surface area contributed by atoms with E-state index in [0.717, 1.165) is 18.8 Å². The van der Waals surface area contributed by atoms with Gasteiger partial charge in [0.05, 0.1) is 5.69 Å². The van der Waals surface area contributed by atoms with Crippen molar-refractivity contribution in [3.05, 3.63) is 44.3 Å². The molecule has 0 atom stereocenters. The lowest BCUT2D eigenvalue weighted by atomic mass is 10.4. The Kier molecular flexibility index (Phi) is 4.04. The van der Waals surface area contributed by atoms with Crippen molar-refractivity contribution in [3.63, 3.8) is 0 Å². The highest BCUT2D eigenvalue weighted by Gasteiger charge is 2.02. The lowest BCUT2D eigenvalue weighted by Crippen LogP contribution is -2.13. The fourth-order valence-corrected chi connectivity index (χ4v) is 2.92. The number of aryl methyl sites for hydroxylation is 1. The zero-order valence-electron chi connectivity index (χ0n) is 8.90. The average Bonchev–Trinajstić information content (AvgIpc) is 2.60. The van der Waals surface area contributed by atoms with E-state index in [-0.39, 0.29) is 0 Å². The van der Waals surface area contributed by atoms with Crippen LogP contribution < -0.4 is 5.32 Å². The second-order valence-electron chi connectivity index (χ2n) is 3.44. The third-order valence-corrected chi connectivity index (χ3v) is 4.28. The molecule has 1 N–H and O–H groups in total. The van der Waals surface area contributed by atoms with Crippen molar-refractivity contribution in [2.24, 2.45) is 0 Å². The van der Waals surface area contributed by atoms with Crippen LogP contribution in [0.15, 0.2) is 28.9 Å². The van der Waals surface area contributed by atoms with Gasteiger partial charge in [0, 0.05) is 33.5 Å². The normalized spacial score (nSPS) is 10.6. The number of thiophene rings is 1. The van der Waals surface area contributed by atoms with E-state index in [9.17, 15) is 0 Å². The Morgan fingerprint density at radius 3 is 2.94 bits per heavy atom. The summed E-state index contributed by atoms with van der Waals surface area (Å²) in [5.41, 5.74) is 0.967. The third kappa shape index (κ3) is 3.10. The van der Waals surface area contributed by atoms with Crippen LogP contribution >= 0.6 is 27.3 Å². The van der Waals surface area contributed by atoms with E-state index in [1.54, 1.807) is 17.5 Å². The fourth-order valence-electron chi connectivity index (χ4n) is 1.35. The van der Waals surface area contributed by atoms with Crippen LogP contribution in [-0.4, -0.2) is 10.2 Å². The number of hydrogen-bond acceptors (Lipinski definition) is 4. The molecule has 0 bridgehead atoms. The first-order chi connectivity index (χ1) is 7.75. The second-order valence-corrected chi connectivity index (χ2v) is 5.63. The van der Waals surface area contributed by atoms with Gasteiger partial charge < -0.3 is 5.32 Å². The van der Waals surface area contributed by atoms with Crippen LogP contribution in [0.5, 0.6) is 0 Å². The van der Waals surface area contributed by atoms with Gasteiger partial charge in [-0.3, -0.25) is 0 Å². The Labute approximate surface area is 107 Å². The maximum absolute atomic E-state index is 4.01. The highest BCUT2D eigenvalue weighted by molar-refractivity contribution is 9.10. The SMILES string of the molecule is Cc1sc(CNCc2cccnn2)cc1Br. The first kappa shape index (κ1) is 11.7. The minimum absolute atomic E-state index is 0.752. The predicted octanol–water partition coefficient (Wildman–Crippen LogP) is 2.90. The van der Waals surface area contributed by atoms with Crippen molar-refractivity contribution in [3.8, 4) is 0 Å². The number of halogens is 1. The lowest BCUT2D eigenvalue weighted by Gasteiger charge is -2.00. The summed E-state index contributed by atoms with van der Waals surface area (Å²) in [6, 6.07) is 6.02. The van der Waals surface area contributed by atoms with Crippen LogP contribution in [0, 0.1) is 6.92 Å². The molecule has 0 aliphatic rings. The maximum atomic E-state index is 4.01. The van der Waals surface area contributed by atoms with E-state index in [4.69, 9.17) is 0 Å². The molecule has 2 aromatic rings. The number of hydrogen-bond donors (Lipinski definition) is 1. The number of nitrogens with zero attached hydrogens (tertiary/aromatic N) is 2. The van der Waals surface area contributed by atoms with Gasteiger partial charge in [0.25, 0.3) is 0 Å². The van der Waals surface area contributed by atoms with Crippen LogP contribution in [0.1, 0.15) is 15.4 Å². The van der Waals surface area contributed by atoms with Crippen LogP contribution in [0.2, 0.25) is 0 Å². The van der Waals surface area contributed by atoms with Crippen molar-refractivity contribution >= 4 is 27.3 Å². The highest BCUT2D eigenvalue weighted by Crippen LogP contribution is 2.26. The molecule has 0 aliphatic carbocycles. The molecule has 0 saturated heterocycles. The summed E-state index contributed by atoms with van der Waals surface area (Å²) < 4.78 is 1.19. The van der Waals surface area contributed by atoms with Gasteiger partial charge in [0.1, 0.15) is 0 Å². The molecule has 0 amide bonds. The van der Waals surface area contributed by atoms with Crippen LogP contribution in [0.25, 0.3) is 0 Å². The molecule has 2 rings (SSSR count). The smallest absolute Gasteiger partial charge is 0.0769 e. The summed E-state index contributed by atoms with van der Waals surface area (Å²) in [6.45, 7) is 3.73. The first-order valence-corrected chi connectivity index (χ1v) is 6.59. The highest BCUT2D eigenvalue weighted by atomic mass is 79.9. The van der Waals surface area contributed by atoms with E-state index in [0.29, 0.717) is 0 Å². The van der Waals surface area contributed by atoms with E-state index >= 15 is 0 Å². The van der Waals surface area contributed by atoms with Crippen molar-refractivity contribution in [1.82, 2.24) is 15.5 Å². The lowest BCUT2D eigenvalue weighted by molar-refractivity contribution is 0.676. The minimum atomic E-state index is 0.752. The zero-order chi connectivity index (χ0) is 11.4. The van der Waals surface area contributed by atoms with Crippen LogP contribution in [0.4, 0.5) is 0 Å². The number of nitrogens with one attached hydrogen (secondary N) is 1. The summed E-state index contributed by atoms with van der Waals surface area (Å²) >= 11 is 5.32. The Bertz CT molecular complexity index is 436. The summed E-state index contributed by atoms with van der Waals surface area (Å²) in [5, 5.41) is 11.2. The largest absolute Gasteiger partial charge is 0.306 e. The van der Waals surface area contributed by atoms with Gasteiger partial charge in [-0.2, -0.15) is 10.2 Å². The molecule has 0 spiro atoms. The van der Waals surface area contributed by atoms with Crippen LogP contribution in [-0.2, 0) is 13.1 Å². The number of rotatable bonds is 4. The predicted molar refractivity (Wildman–Crippen MR) is 69.3 cm³/mol. The molecule has 3 nitrogen and oxygen atoms in total. The monoisotopic (exact) mass is 297 g/mol. The topological polar surface area (TPSA) is 37.8 Å². The summed E-state index contributed by atoms with van der Waals surface area (Å²) in [7, 11) is 0. The van der Waals surface area contributed by atoms with Gasteiger partial charge in [0.15, 0.2) is 0 Å². The molecule has 16 heavy (non-hydrogen) atoms. The Balaban J connectivity index is 1.84. The standard InChI is InChI=1S/C11H12BrN3S/c1-8-11(12)5-10(16-8)7-13-6-9-3-2-4-14-15-9/h2-5,13H,6-7H2,1H3. The van der Waals surface area contributed by atoms with Gasteiger partial charge in [-0.15, -0.1) is 11.3 Å². The van der Waals surface area contributed by atoms with Crippen molar-refractivity contribution < 1.29 is 0 Å². The summed E-state index contributed by atoms with van der Waals surface area (Å²) in [5.74, 6) is 0. The molecule has 0 radical (unpaired) electrons. The molecule has 0 aliphatic heterocycles. The van der Waals surface area contributed by atoms with Crippen LogP contribution in [0.3, 0.4) is 0 Å². The third-order valence-electron chi connectivity index (χ3n) is 2.14. The molecule has 5 heteroatoms. The van der Waals surface area contributed by atoms with E-state index in [1.807, 2.05) is 12.1 Å². The molecule has 2 aromatic heterocycles. The zero-order valence-corrected chi connectivity index (χ0v) is 11.3. The molecular weight excluding hydrogens is 286 g/mol. The molecule has 0 fully saturated rings. The molecule has 0 saturated carbocycles. The van der Waals surface area contributed by atoms with Crippen molar-refractivity contribution in [2.45, 2.75) is 20.0 Å². The molecule has 0 unspecified atom stereocenters. The molecule has 0 aromatic carbocycles. The summed E-state index contributed by atoms with van der Waals surface area (Å²) in [4.78, 5) is 2.64. The Hall–Kier alpha value is -0.780. The van der Waals surface area contributed by atoms with Crippen molar-refractivity contribution in [2.75, 3.05) is 0 Å². The van der Waals surface area contributed by atoms with Crippen molar-refractivity contribution in [1.29, 1.82) is 0 Å². The van der Waals surface area contributed by atoms with Gasteiger partial charge >= 0.3 is 0 Å². The Morgan fingerprint density at radius 1 is 1.44 bits per heavy atom. The number of aromatic nitrogens is 2. The maximum Gasteiger partial charge on any atom is 0.0769 e. The Morgan fingerprint density at radius 2 is 2.31 bits per heavy atom. The molecule has 2 heterocycles. The molecule has 84 valence electrons. The van der Waals surface area contributed by atoms with Gasteiger partial charge in [0.2, 0.25) is 0 Å². The van der Waals surface area contributed by atoms with E-state index in [1.165, 1.54) is 14.2 Å². The van der Waals surface area contributed by atoms with Gasteiger partial charge in [-0.05, 0) is 41.1 Å².